The fourth-order valence-corrected chi connectivity index (χ4v) is 4.65. The zero-order valence-electron chi connectivity index (χ0n) is 15.8. The van der Waals surface area contributed by atoms with Crippen molar-refractivity contribution in [3.8, 4) is 0 Å². The van der Waals surface area contributed by atoms with Gasteiger partial charge in [0, 0.05) is 36.9 Å². The van der Waals surface area contributed by atoms with Gasteiger partial charge < -0.3 is 15.0 Å². The molecule has 1 aromatic heterocycles. The highest BCUT2D eigenvalue weighted by molar-refractivity contribution is 5.36. The highest BCUT2D eigenvalue weighted by atomic mass is 16.5. The van der Waals surface area contributed by atoms with Gasteiger partial charge in [-0.15, -0.1) is 0 Å². The van der Waals surface area contributed by atoms with Gasteiger partial charge in [0.05, 0.1) is 18.9 Å². The van der Waals surface area contributed by atoms with Gasteiger partial charge in [-0.3, -0.25) is 0 Å². The number of ether oxygens (including phenoxy) is 1. The van der Waals surface area contributed by atoms with E-state index in [0.717, 1.165) is 38.7 Å². The maximum Gasteiger partial charge on any atom is 0.225 e. The highest BCUT2D eigenvalue weighted by Crippen LogP contribution is 2.41. The van der Waals surface area contributed by atoms with Crippen molar-refractivity contribution in [1.82, 2.24) is 15.3 Å². The maximum atomic E-state index is 5.46. The zero-order chi connectivity index (χ0) is 17.3. The van der Waals surface area contributed by atoms with Gasteiger partial charge in [0.1, 0.15) is 0 Å². The number of hydrogen-bond acceptors (Lipinski definition) is 5. The van der Waals surface area contributed by atoms with Gasteiger partial charge in [-0.2, -0.15) is 0 Å². The number of morpholine rings is 1. The Bertz CT molecular complexity index is 591. The minimum absolute atomic E-state index is 0.288. The second-order valence-electron chi connectivity index (χ2n) is 8.77. The van der Waals surface area contributed by atoms with Crippen molar-refractivity contribution >= 4 is 5.95 Å². The molecule has 1 saturated heterocycles. The normalized spacial score (nSPS) is 27.1. The van der Waals surface area contributed by atoms with Crippen LogP contribution in [0.3, 0.4) is 0 Å². The van der Waals surface area contributed by atoms with Crippen LogP contribution in [0, 0.1) is 5.41 Å². The quantitative estimate of drug-likeness (QED) is 0.912. The van der Waals surface area contributed by atoms with E-state index in [4.69, 9.17) is 14.7 Å². The van der Waals surface area contributed by atoms with Crippen molar-refractivity contribution in [2.45, 2.75) is 70.9 Å². The molecule has 1 aromatic rings. The number of hydrogen-bond donors (Lipinski definition) is 1. The Morgan fingerprint density at radius 1 is 1.16 bits per heavy atom. The lowest BCUT2D eigenvalue weighted by Gasteiger charge is -2.39. The number of nitrogens with one attached hydrogen (secondary N) is 1. The fraction of sp³-hybridized carbons (Fsp3) is 0.800. The van der Waals surface area contributed by atoms with E-state index in [2.05, 4.69) is 30.3 Å². The van der Waals surface area contributed by atoms with E-state index in [1.165, 1.54) is 49.8 Å². The van der Waals surface area contributed by atoms with Gasteiger partial charge in [-0.1, -0.05) is 33.1 Å². The summed E-state index contributed by atoms with van der Waals surface area (Å²) in [6.07, 6.45) is 11.1. The molecule has 1 aliphatic heterocycles. The smallest absolute Gasteiger partial charge is 0.225 e. The van der Waals surface area contributed by atoms with Gasteiger partial charge in [-0.25, -0.2) is 9.97 Å². The Morgan fingerprint density at radius 3 is 2.68 bits per heavy atom. The Morgan fingerprint density at radius 2 is 1.92 bits per heavy atom. The largest absolute Gasteiger partial charge is 0.378 e. The average molecular weight is 345 g/mol. The number of anilines is 1. The van der Waals surface area contributed by atoms with Crippen LogP contribution in [-0.2, 0) is 11.2 Å². The summed E-state index contributed by atoms with van der Waals surface area (Å²) in [4.78, 5) is 12.0. The van der Waals surface area contributed by atoms with E-state index >= 15 is 0 Å². The summed E-state index contributed by atoms with van der Waals surface area (Å²) in [5, 5.41) is 3.96. The molecule has 0 amide bonds. The predicted molar refractivity (Wildman–Crippen MR) is 99.9 cm³/mol. The number of fused-ring (bicyclic) bond motifs is 1. The lowest BCUT2D eigenvalue weighted by molar-refractivity contribution is 0.122. The summed E-state index contributed by atoms with van der Waals surface area (Å²) >= 11 is 0. The van der Waals surface area contributed by atoms with E-state index in [1.54, 1.807) is 0 Å². The van der Waals surface area contributed by atoms with E-state index in [-0.39, 0.29) is 5.41 Å². The van der Waals surface area contributed by atoms with Crippen molar-refractivity contribution in [1.29, 1.82) is 0 Å². The molecule has 1 N–H and O–H groups in total. The maximum absolute atomic E-state index is 5.46. The molecule has 0 unspecified atom stereocenters. The molecular formula is C20H32N4O. The van der Waals surface area contributed by atoms with Crippen molar-refractivity contribution in [3.63, 3.8) is 0 Å². The van der Waals surface area contributed by atoms with Crippen LogP contribution in [0.25, 0.3) is 0 Å². The summed E-state index contributed by atoms with van der Waals surface area (Å²) in [7, 11) is 0. The summed E-state index contributed by atoms with van der Waals surface area (Å²) in [5.41, 5.74) is 2.87. The number of rotatable bonds is 3. The summed E-state index contributed by atoms with van der Waals surface area (Å²) in [5.74, 6) is 0.885. The summed E-state index contributed by atoms with van der Waals surface area (Å²) < 4.78 is 5.46. The van der Waals surface area contributed by atoms with Crippen LogP contribution < -0.4 is 10.2 Å². The summed E-state index contributed by atoms with van der Waals surface area (Å²) in [6.45, 7) is 8.09. The molecule has 138 valence electrons. The highest BCUT2D eigenvalue weighted by Gasteiger charge is 2.35. The van der Waals surface area contributed by atoms with Crippen LogP contribution in [0.1, 0.15) is 69.7 Å². The molecule has 3 aliphatic rings. The Kier molecular flexibility index (Phi) is 4.96. The molecule has 0 bridgehead atoms. The second-order valence-corrected chi connectivity index (χ2v) is 8.77. The molecule has 2 heterocycles. The average Bonchev–Trinajstić information content (AvgIpc) is 2.62. The van der Waals surface area contributed by atoms with E-state index in [0.29, 0.717) is 12.1 Å². The van der Waals surface area contributed by atoms with E-state index in [1.807, 2.05) is 0 Å². The molecule has 2 aliphatic carbocycles. The van der Waals surface area contributed by atoms with Crippen molar-refractivity contribution in [3.05, 3.63) is 17.5 Å². The van der Waals surface area contributed by atoms with Crippen LogP contribution in [0.4, 0.5) is 5.95 Å². The summed E-state index contributed by atoms with van der Waals surface area (Å²) in [6, 6.07) is 1.07. The topological polar surface area (TPSA) is 50.3 Å². The first kappa shape index (κ1) is 17.2. The van der Waals surface area contributed by atoms with Crippen molar-refractivity contribution < 1.29 is 4.74 Å². The Balaban J connectivity index is 1.56. The van der Waals surface area contributed by atoms with Crippen LogP contribution in [-0.4, -0.2) is 42.3 Å². The molecule has 2 fully saturated rings. The molecule has 5 heteroatoms. The number of nitrogens with zero attached hydrogens (tertiary/aromatic N) is 3. The molecule has 4 rings (SSSR count). The monoisotopic (exact) mass is 344 g/mol. The molecule has 0 spiro atoms. The molecule has 1 atom stereocenters. The molecule has 0 radical (unpaired) electrons. The lowest BCUT2D eigenvalue weighted by atomic mass is 9.73. The van der Waals surface area contributed by atoms with Crippen molar-refractivity contribution in [2.75, 3.05) is 31.2 Å². The van der Waals surface area contributed by atoms with Crippen LogP contribution in [0.5, 0.6) is 0 Å². The zero-order valence-corrected chi connectivity index (χ0v) is 15.8. The van der Waals surface area contributed by atoms with Gasteiger partial charge in [0.15, 0.2) is 0 Å². The van der Waals surface area contributed by atoms with Gasteiger partial charge in [0.2, 0.25) is 5.95 Å². The van der Waals surface area contributed by atoms with Crippen LogP contribution in [0.2, 0.25) is 0 Å². The van der Waals surface area contributed by atoms with Gasteiger partial charge in [0.25, 0.3) is 0 Å². The first-order chi connectivity index (χ1) is 12.1. The first-order valence-electron chi connectivity index (χ1n) is 10.1. The van der Waals surface area contributed by atoms with Crippen LogP contribution >= 0.6 is 0 Å². The molecule has 25 heavy (non-hydrogen) atoms. The SMILES string of the molecule is CC1(C)Cc2nc(N3CCOCC3)ncc2[C@H](NC2CCCCC2)C1. The lowest BCUT2D eigenvalue weighted by Crippen LogP contribution is -2.41. The van der Waals surface area contributed by atoms with Gasteiger partial charge >= 0.3 is 0 Å². The van der Waals surface area contributed by atoms with Crippen LogP contribution in [0.15, 0.2) is 6.20 Å². The second kappa shape index (κ2) is 7.20. The minimum Gasteiger partial charge on any atom is -0.378 e. The van der Waals surface area contributed by atoms with Gasteiger partial charge in [-0.05, 0) is 31.1 Å². The third kappa shape index (κ3) is 3.98. The number of aromatic nitrogens is 2. The Hall–Kier alpha value is -1.20. The predicted octanol–water partition coefficient (Wildman–Crippen LogP) is 3.25. The van der Waals surface area contributed by atoms with Crippen molar-refractivity contribution in [2.24, 2.45) is 5.41 Å². The molecule has 1 saturated carbocycles. The van der Waals surface area contributed by atoms with E-state index in [9.17, 15) is 0 Å². The molecule has 0 aromatic carbocycles. The minimum atomic E-state index is 0.288. The van der Waals surface area contributed by atoms with E-state index < -0.39 is 0 Å². The third-order valence-corrected chi connectivity index (χ3v) is 6.00. The molecule has 5 nitrogen and oxygen atoms in total. The Labute approximate surface area is 151 Å². The third-order valence-electron chi connectivity index (χ3n) is 6.00. The molecular weight excluding hydrogens is 312 g/mol. The first-order valence-corrected chi connectivity index (χ1v) is 10.1. The fourth-order valence-electron chi connectivity index (χ4n) is 4.65. The standard InChI is InChI=1S/C20H32N4O/c1-20(2)12-17(22-15-6-4-3-5-7-15)16-14-21-19(23-18(16)13-20)24-8-10-25-11-9-24/h14-15,17,22H,3-13H2,1-2H3/t17-/m1/s1.